The molecule has 0 spiro atoms. The molecule has 4 aromatic rings. The molecule has 0 atom stereocenters. The van der Waals surface area contributed by atoms with Crippen molar-refractivity contribution in [3.8, 4) is 17.2 Å². The maximum absolute atomic E-state index is 13.4. The number of benzene rings is 2. The van der Waals surface area contributed by atoms with E-state index >= 15 is 0 Å². The van der Waals surface area contributed by atoms with Gasteiger partial charge in [0.1, 0.15) is 12.3 Å². The largest absolute Gasteiger partial charge is 0.586 e. The lowest BCUT2D eigenvalue weighted by atomic mass is 10.1. The first-order valence-corrected chi connectivity index (χ1v) is 11.4. The summed E-state index contributed by atoms with van der Waals surface area (Å²) in [6.07, 6.45) is -0.0257. The van der Waals surface area contributed by atoms with Crippen molar-refractivity contribution in [1.29, 1.82) is 0 Å². The third-order valence-corrected chi connectivity index (χ3v) is 5.94. The Balaban J connectivity index is 1.50. The van der Waals surface area contributed by atoms with Crippen molar-refractivity contribution < 1.29 is 27.8 Å². The van der Waals surface area contributed by atoms with Crippen LogP contribution in [0.15, 0.2) is 65.7 Å². The number of amides is 1. The van der Waals surface area contributed by atoms with Crippen LogP contribution in [0, 0.1) is 0 Å². The number of anilines is 1. The standard InChI is InChI=1S/C26H22F2N4O5/c1-3-31(17-6-9-22-23(12-17)37-26(27,28)36-22)24(33)15-32-25(34)19-8-7-18(35-2)13-20(19)21(30-32)11-16-5-4-10-29-14-16/h4-10,12-14H,3,11,15H2,1-2H3. The van der Waals surface area contributed by atoms with Crippen LogP contribution in [0.3, 0.4) is 0 Å². The van der Waals surface area contributed by atoms with E-state index in [1.165, 1.54) is 30.2 Å². The number of fused-ring (bicyclic) bond motifs is 2. The van der Waals surface area contributed by atoms with Gasteiger partial charge in [-0.2, -0.15) is 5.10 Å². The van der Waals surface area contributed by atoms with Gasteiger partial charge in [0, 0.05) is 42.5 Å². The number of hydrogen-bond acceptors (Lipinski definition) is 7. The molecule has 0 N–H and O–H groups in total. The van der Waals surface area contributed by atoms with Gasteiger partial charge in [0.25, 0.3) is 5.56 Å². The fourth-order valence-electron chi connectivity index (χ4n) is 4.22. The van der Waals surface area contributed by atoms with Crippen molar-refractivity contribution in [2.45, 2.75) is 26.2 Å². The molecule has 1 aliphatic heterocycles. The van der Waals surface area contributed by atoms with Crippen LogP contribution in [0.2, 0.25) is 0 Å². The first-order chi connectivity index (χ1) is 17.8. The number of carbonyl (C=O) groups excluding carboxylic acids is 1. The van der Waals surface area contributed by atoms with E-state index in [1.807, 2.05) is 6.07 Å². The smallest absolute Gasteiger partial charge is 0.497 e. The Morgan fingerprint density at radius 3 is 2.65 bits per heavy atom. The molecule has 1 amide bonds. The van der Waals surface area contributed by atoms with E-state index in [2.05, 4.69) is 19.6 Å². The van der Waals surface area contributed by atoms with E-state index in [0.717, 1.165) is 10.2 Å². The predicted octanol–water partition coefficient (Wildman–Crippen LogP) is 3.77. The highest BCUT2D eigenvalue weighted by molar-refractivity contribution is 5.94. The van der Waals surface area contributed by atoms with Crippen LogP contribution >= 0.6 is 0 Å². The molecule has 2 aromatic heterocycles. The van der Waals surface area contributed by atoms with Gasteiger partial charge in [0.15, 0.2) is 11.5 Å². The predicted molar refractivity (Wildman–Crippen MR) is 130 cm³/mol. The average molecular weight is 508 g/mol. The van der Waals surface area contributed by atoms with Gasteiger partial charge in [-0.05, 0) is 48.9 Å². The molecule has 0 aliphatic carbocycles. The Bertz CT molecular complexity index is 1540. The van der Waals surface area contributed by atoms with Crippen molar-refractivity contribution in [2.24, 2.45) is 0 Å². The molecule has 0 radical (unpaired) electrons. The molecule has 3 heterocycles. The second-order valence-electron chi connectivity index (χ2n) is 8.30. The Hall–Kier alpha value is -4.54. The van der Waals surface area contributed by atoms with Crippen molar-refractivity contribution in [3.05, 3.63) is 82.5 Å². The van der Waals surface area contributed by atoms with Crippen LogP contribution < -0.4 is 24.7 Å². The van der Waals surface area contributed by atoms with Crippen LogP contribution in [0.25, 0.3) is 10.8 Å². The third kappa shape index (κ3) is 4.80. The van der Waals surface area contributed by atoms with E-state index in [9.17, 15) is 18.4 Å². The monoisotopic (exact) mass is 508 g/mol. The number of aromatic nitrogens is 3. The molecule has 0 saturated carbocycles. The van der Waals surface area contributed by atoms with E-state index < -0.39 is 17.8 Å². The number of likely N-dealkylation sites (N-methyl/N-ethyl adjacent to an activating group) is 1. The first kappa shape index (κ1) is 24.2. The van der Waals surface area contributed by atoms with Crippen molar-refractivity contribution in [2.75, 3.05) is 18.6 Å². The number of halogens is 2. The van der Waals surface area contributed by atoms with Crippen LogP contribution in [0.4, 0.5) is 14.5 Å². The molecule has 190 valence electrons. The van der Waals surface area contributed by atoms with Gasteiger partial charge in [-0.3, -0.25) is 14.6 Å². The van der Waals surface area contributed by atoms with Gasteiger partial charge < -0.3 is 19.1 Å². The second-order valence-corrected chi connectivity index (χ2v) is 8.30. The molecule has 1 aliphatic rings. The highest BCUT2D eigenvalue weighted by Crippen LogP contribution is 2.42. The van der Waals surface area contributed by atoms with Crippen LogP contribution in [0.5, 0.6) is 17.2 Å². The fraction of sp³-hybridized carbons (Fsp3) is 0.231. The molecule has 0 fully saturated rings. The summed E-state index contributed by atoms with van der Waals surface area (Å²) in [6.45, 7) is 1.59. The number of ether oxygens (including phenoxy) is 3. The number of rotatable bonds is 7. The topological polar surface area (TPSA) is 95.8 Å². The lowest BCUT2D eigenvalue weighted by molar-refractivity contribution is -0.286. The molecule has 0 saturated heterocycles. The average Bonchev–Trinajstić information content (AvgIpc) is 3.20. The Morgan fingerprint density at radius 2 is 1.92 bits per heavy atom. The minimum Gasteiger partial charge on any atom is -0.497 e. The number of nitrogens with zero attached hydrogens (tertiary/aromatic N) is 4. The summed E-state index contributed by atoms with van der Waals surface area (Å²) in [7, 11) is 1.53. The number of alkyl halides is 2. The summed E-state index contributed by atoms with van der Waals surface area (Å²) in [5.41, 5.74) is 1.33. The van der Waals surface area contributed by atoms with Gasteiger partial charge in [-0.25, -0.2) is 4.68 Å². The minimum absolute atomic E-state index is 0.125. The number of methoxy groups -OCH3 is 1. The molecular weight excluding hydrogens is 486 g/mol. The highest BCUT2D eigenvalue weighted by Gasteiger charge is 2.43. The minimum atomic E-state index is -3.77. The van der Waals surface area contributed by atoms with E-state index in [1.54, 1.807) is 43.6 Å². The van der Waals surface area contributed by atoms with Crippen molar-refractivity contribution >= 4 is 22.4 Å². The van der Waals surface area contributed by atoms with Crippen LogP contribution in [-0.2, 0) is 17.8 Å². The summed E-state index contributed by atoms with van der Waals surface area (Å²) >= 11 is 0. The fourth-order valence-corrected chi connectivity index (χ4v) is 4.22. The molecule has 0 bridgehead atoms. The Labute approximate surface area is 209 Å². The maximum atomic E-state index is 13.4. The first-order valence-electron chi connectivity index (χ1n) is 11.4. The molecule has 9 nitrogen and oxygen atoms in total. The number of carbonyl (C=O) groups is 1. The van der Waals surface area contributed by atoms with Crippen molar-refractivity contribution in [3.63, 3.8) is 0 Å². The zero-order valence-corrected chi connectivity index (χ0v) is 20.0. The highest BCUT2D eigenvalue weighted by atomic mass is 19.3. The maximum Gasteiger partial charge on any atom is 0.586 e. The molecule has 37 heavy (non-hydrogen) atoms. The second kappa shape index (κ2) is 9.49. The molecule has 11 heteroatoms. The third-order valence-electron chi connectivity index (χ3n) is 5.94. The Kier molecular flexibility index (Phi) is 6.20. The quantitative estimate of drug-likeness (QED) is 0.375. The normalized spacial score (nSPS) is 13.5. The molecule has 5 rings (SSSR count). The number of hydrogen-bond donors (Lipinski definition) is 0. The number of pyridine rings is 1. The van der Waals surface area contributed by atoms with E-state index in [0.29, 0.717) is 34.3 Å². The summed E-state index contributed by atoms with van der Waals surface area (Å²) in [5, 5.41) is 5.52. The zero-order chi connectivity index (χ0) is 26.2. The van der Waals surface area contributed by atoms with Crippen LogP contribution in [-0.4, -0.2) is 40.6 Å². The summed E-state index contributed by atoms with van der Waals surface area (Å²) in [4.78, 5) is 32.1. The zero-order valence-electron chi connectivity index (χ0n) is 20.0. The van der Waals surface area contributed by atoms with Crippen LogP contribution in [0.1, 0.15) is 18.2 Å². The van der Waals surface area contributed by atoms with E-state index in [-0.39, 0.29) is 24.6 Å². The lowest BCUT2D eigenvalue weighted by Gasteiger charge is -2.22. The molecule has 0 unspecified atom stereocenters. The summed E-state index contributed by atoms with van der Waals surface area (Å²) in [6, 6.07) is 12.8. The van der Waals surface area contributed by atoms with Gasteiger partial charge >= 0.3 is 6.29 Å². The van der Waals surface area contributed by atoms with Crippen molar-refractivity contribution in [1.82, 2.24) is 14.8 Å². The Morgan fingerprint density at radius 1 is 1.11 bits per heavy atom. The van der Waals surface area contributed by atoms with Gasteiger partial charge in [0.2, 0.25) is 5.91 Å². The van der Waals surface area contributed by atoms with Gasteiger partial charge in [-0.15, -0.1) is 8.78 Å². The summed E-state index contributed by atoms with van der Waals surface area (Å²) in [5.74, 6) is -0.189. The molecular formula is C26H22F2N4O5. The molecule has 2 aromatic carbocycles. The summed E-state index contributed by atoms with van der Waals surface area (Å²) < 4.78 is 42.2. The van der Waals surface area contributed by atoms with Gasteiger partial charge in [0.05, 0.1) is 18.2 Å². The lowest BCUT2D eigenvalue weighted by Crippen LogP contribution is -2.37. The SMILES string of the molecule is CCN(C(=O)Cn1nc(Cc2cccnc2)c2cc(OC)ccc2c1=O)c1ccc2c(c1)OC(F)(F)O2. The van der Waals surface area contributed by atoms with E-state index in [4.69, 9.17) is 4.74 Å². The van der Waals surface area contributed by atoms with Gasteiger partial charge in [-0.1, -0.05) is 6.07 Å².